The minimum atomic E-state index is -0.595. The SMILES string of the molecule is CC(C)(C)OC(=O)N1CSC[C@@H]1C(=O)Nc1ccc(CC#N)cc1. The van der Waals surface area contributed by atoms with Crippen molar-refractivity contribution in [3.05, 3.63) is 29.8 Å². The molecule has 1 N–H and O–H groups in total. The van der Waals surface area contributed by atoms with Gasteiger partial charge in [-0.2, -0.15) is 5.26 Å². The normalized spacial score (nSPS) is 17.2. The summed E-state index contributed by atoms with van der Waals surface area (Å²) in [5, 5.41) is 11.5. The number of nitriles is 1. The van der Waals surface area contributed by atoms with Crippen molar-refractivity contribution in [2.75, 3.05) is 16.9 Å². The molecule has 2 rings (SSSR count). The minimum Gasteiger partial charge on any atom is -0.444 e. The smallest absolute Gasteiger partial charge is 0.411 e. The average molecular weight is 347 g/mol. The van der Waals surface area contributed by atoms with Gasteiger partial charge in [0.2, 0.25) is 5.91 Å². The Bertz CT molecular complexity index is 647. The van der Waals surface area contributed by atoms with Gasteiger partial charge in [0, 0.05) is 11.4 Å². The van der Waals surface area contributed by atoms with E-state index in [1.54, 1.807) is 45.0 Å². The predicted octanol–water partition coefficient (Wildman–Crippen LogP) is 3.00. The molecular weight excluding hydrogens is 326 g/mol. The van der Waals surface area contributed by atoms with Crippen LogP contribution in [0.25, 0.3) is 0 Å². The Balaban J connectivity index is 2.00. The van der Waals surface area contributed by atoms with Crippen molar-refractivity contribution in [2.24, 2.45) is 0 Å². The zero-order valence-corrected chi connectivity index (χ0v) is 14.9. The Kier molecular flexibility index (Phi) is 5.73. The summed E-state index contributed by atoms with van der Waals surface area (Å²) in [5.41, 5.74) is 0.937. The predicted molar refractivity (Wildman–Crippen MR) is 93.6 cm³/mol. The maximum Gasteiger partial charge on any atom is 0.411 e. The second-order valence-electron chi connectivity index (χ2n) is 6.49. The summed E-state index contributed by atoms with van der Waals surface area (Å²) in [4.78, 5) is 26.2. The van der Waals surface area contributed by atoms with Crippen LogP contribution in [-0.4, -0.2) is 40.2 Å². The lowest BCUT2D eigenvalue weighted by molar-refractivity contribution is -0.120. The van der Waals surface area contributed by atoms with Crippen molar-refractivity contribution in [1.29, 1.82) is 5.26 Å². The fraction of sp³-hybridized carbons (Fsp3) is 0.471. The quantitative estimate of drug-likeness (QED) is 0.909. The highest BCUT2D eigenvalue weighted by Gasteiger charge is 2.37. The molecule has 6 nitrogen and oxygen atoms in total. The molecule has 1 aromatic carbocycles. The zero-order chi connectivity index (χ0) is 17.7. The van der Waals surface area contributed by atoms with E-state index in [-0.39, 0.29) is 5.91 Å². The van der Waals surface area contributed by atoms with E-state index in [4.69, 9.17) is 10.00 Å². The van der Waals surface area contributed by atoms with E-state index in [0.717, 1.165) is 5.56 Å². The van der Waals surface area contributed by atoms with Crippen LogP contribution in [0, 0.1) is 11.3 Å². The standard InChI is InChI=1S/C17H21N3O3S/c1-17(2,3)23-16(22)20-11-24-10-14(20)15(21)19-13-6-4-12(5-7-13)8-9-18/h4-7,14H,8,10-11H2,1-3H3,(H,19,21)/t14-/m1/s1. The number of anilines is 1. The summed E-state index contributed by atoms with van der Waals surface area (Å²) >= 11 is 1.52. The van der Waals surface area contributed by atoms with Crippen LogP contribution in [0.5, 0.6) is 0 Å². The Morgan fingerprint density at radius 3 is 2.62 bits per heavy atom. The van der Waals surface area contributed by atoms with Crippen molar-refractivity contribution < 1.29 is 14.3 Å². The number of nitrogens with one attached hydrogen (secondary N) is 1. The number of thioether (sulfide) groups is 1. The second kappa shape index (κ2) is 7.58. The lowest BCUT2D eigenvalue weighted by atomic mass is 10.1. The topological polar surface area (TPSA) is 82.4 Å². The maximum absolute atomic E-state index is 12.5. The fourth-order valence-electron chi connectivity index (χ4n) is 2.18. The molecule has 1 atom stereocenters. The number of amides is 2. The number of nitrogens with zero attached hydrogens (tertiary/aromatic N) is 2. The molecule has 1 saturated heterocycles. The largest absolute Gasteiger partial charge is 0.444 e. The summed E-state index contributed by atoms with van der Waals surface area (Å²) in [6.07, 6.45) is -0.142. The monoisotopic (exact) mass is 347 g/mol. The summed E-state index contributed by atoms with van der Waals surface area (Å²) in [7, 11) is 0. The van der Waals surface area contributed by atoms with E-state index in [2.05, 4.69) is 11.4 Å². The van der Waals surface area contributed by atoms with Gasteiger partial charge >= 0.3 is 6.09 Å². The molecule has 24 heavy (non-hydrogen) atoms. The van der Waals surface area contributed by atoms with Gasteiger partial charge in [0.25, 0.3) is 0 Å². The molecule has 0 radical (unpaired) electrons. The molecule has 7 heteroatoms. The van der Waals surface area contributed by atoms with Gasteiger partial charge in [-0.15, -0.1) is 11.8 Å². The van der Waals surface area contributed by atoms with Crippen molar-refractivity contribution in [1.82, 2.24) is 4.90 Å². The van der Waals surface area contributed by atoms with Crippen LogP contribution in [0.4, 0.5) is 10.5 Å². The van der Waals surface area contributed by atoms with Gasteiger partial charge in [0.15, 0.2) is 0 Å². The molecule has 1 aromatic rings. The first-order valence-corrected chi connectivity index (χ1v) is 8.80. The Labute approximate surface area is 146 Å². The van der Waals surface area contributed by atoms with Gasteiger partial charge in [-0.25, -0.2) is 4.79 Å². The average Bonchev–Trinajstić information content (AvgIpc) is 2.97. The molecule has 0 unspecified atom stereocenters. The minimum absolute atomic E-state index is 0.237. The lowest BCUT2D eigenvalue weighted by Gasteiger charge is -2.27. The van der Waals surface area contributed by atoms with E-state index in [1.165, 1.54) is 16.7 Å². The number of carbonyl (C=O) groups excluding carboxylic acids is 2. The van der Waals surface area contributed by atoms with Gasteiger partial charge in [-0.3, -0.25) is 9.69 Å². The number of hydrogen-bond acceptors (Lipinski definition) is 5. The van der Waals surface area contributed by atoms with Crippen LogP contribution in [-0.2, 0) is 16.0 Å². The first-order chi connectivity index (χ1) is 11.3. The molecule has 0 aromatic heterocycles. The van der Waals surface area contributed by atoms with Crippen molar-refractivity contribution in [3.63, 3.8) is 0 Å². The highest BCUT2D eigenvalue weighted by Crippen LogP contribution is 2.24. The number of carbonyl (C=O) groups is 2. The Morgan fingerprint density at radius 2 is 2.04 bits per heavy atom. The van der Waals surface area contributed by atoms with Crippen LogP contribution in [0.3, 0.4) is 0 Å². The molecule has 1 aliphatic heterocycles. The fourth-order valence-corrected chi connectivity index (χ4v) is 3.33. The van der Waals surface area contributed by atoms with E-state index in [9.17, 15) is 9.59 Å². The molecule has 1 aliphatic rings. The van der Waals surface area contributed by atoms with Gasteiger partial charge in [0.05, 0.1) is 18.4 Å². The van der Waals surface area contributed by atoms with Crippen LogP contribution in [0.15, 0.2) is 24.3 Å². The highest BCUT2D eigenvalue weighted by atomic mass is 32.2. The van der Waals surface area contributed by atoms with E-state index >= 15 is 0 Å². The van der Waals surface area contributed by atoms with Gasteiger partial charge in [-0.1, -0.05) is 12.1 Å². The molecule has 1 fully saturated rings. The zero-order valence-electron chi connectivity index (χ0n) is 14.0. The third kappa shape index (κ3) is 4.90. The van der Waals surface area contributed by atoms with Crippen molar-refractivity contribution >= 4 is 29.4 Å². The van der Waals surface area contributed by atoms with Crippen LogP contribution in [0.2, 0.25) is 0 Å². The second-order valence-corrected chi connectivity index (χ2v) is 7.49. The van der Waals surface area contributed by atoms with Crippen LogP contribution in [0.1, 0.15) is 26.3 Å². The molecule has 0 bridgehead atoms. The number of rotatable bonds is 3. The summed E-state index contributed by atoms with van der Waals surface area (Å²) < 4.78 is 5.36. The Morgan fingerprint density at radius 1 is 1.38 bits per heavy atom. The molecule has 1 heterocycles. The van der Waals surface area contributed by atoms with Crippen molar-refractivity contribution in [2.45, 2.75) is 38.8 Å². The number of benzene rings is 1. The number of ether oxygens (including phenoxy) is 1. The first-order valence-electron chi connectivity index (χ1n) is 7.64. The van der Waals surface area contributed by atoms with Gasteiger partial charge in [-0.05, 0) is 38.5 Å². The highest BCUT2D eigenvalue weighted by molar-refractivity contribution is 7.99. The summed E-state index contributed by atoms with van der Waals surface area (Å²) in [6, 6.07) is 8.63. The van der Waals surface area contributed by atoms with Gasteiger partial charge in [0.1, 0.15) is 11.6 Å². The third-order valence-corrected chi connectivity index (χ3v) is 4.33. The Hall–Kier alpha value is -2.20. The van der Waals surface area contributed by atoms with Crippen molar-refractivity contribution in [3.8, 4) is 6.07 Å². The molecule has 2 amide bonds. The van der Waals surface area contributed by atoms with E-state index in [0.29, 0.717) is 23.7 Å². The summed E-state index contributed by atoms with van der Waals surface area (Å²) in [6.45, 7) is 5.39. The van der Waals surface area contributed by atoms with Gasteiger partial charge < -0.3 is 10.1 Å². The van der Waals surface area contributed by atoms with Crippen LogP contribution >= 0.6 is 11.8 Å². The third-order valence-electron chi connectivity index (χ3n) is 3.32. The molecule has 0 aliphatic carbocycles. The first kappa shape index (κ1) is 18.1. The lowest BCUT2D eigenvalue weighted by Crippen LogP contribution is -2.46. The molecular formula is C17H21N3O3S. The number of hydrogen-bond donors (Lipinski definition) is 1. The van der Waals surface area contributed by atoms with Crippen LogP contribution < -0.4 is 5.32 Å². The molecule has 0 saturated carbocycles. The molecule has 128 valence electrons. The van der Waals surface area contributed by atoms with E-state index in [1.807, 2.05) is 0 Å². The van der Waals surface area contributed by atoms with E-state index < -0.39 is 17.7 Å². The maximum atomic E-state index is 12.5. The molecule has 0 spiro atoms. The summed E-state index contributed by atoms with van der Waals surface area (Å²) in [5.74, 6) is 0.741.